The quantitative estimate of drug-likeness (QED) is 0.478. The van der Waals surface area contributed by atoms with E-state index in [-0.39, 0.29) is 14.9 Å². The summed E-state index contributed by atoms with van der Waals surface area (Å²) in [5.74, 6) is -2.43. The van der Waals surface area contributed by atoms with E-state index in [4.69, 9.17) is 28.3 Å². The Morgan fingerprint density at radius 3 is 1.92 bits per heavy atom. The molecule has 0 radical (unpaired) electrons. The standard InChI is InChI=1S/C7H6ClFO3S2.C6H4ClFOS/c1-14(10,11)12-6-3-7(13)4(8)2-5(6)9;7-3-1-4(8)5(9)2-6(3)10/h2-3,13H,1H3;1-2,9-10H. The topological polar surface area (TPSA) is 63.6 Å². The molecule has 0 fully saturated rings. The second kappa shape index (κ2) is 8.48. The third-order valence-corrected chi connectivity index (χ3v) is 4.37. The number of aromatic hydroxyl groups is 1. The molecule has 132 valence electrons. The van der Waals surface area contributed by atoms with Crippen LogP contribution in [0.4, 0.5) is 8.78 Å². The van der Waals surface area contributed by atoms with E-state index in [1.54, 1.807) is 0 Å². The van der Waals surface area contributed by atoms with Gasteiger partial charge < -0.3 is 9.29 Å². The molecule has 0 aromatic heterocycles. The molecule has 0 atom stereocenters. The van der Waals surface area contributed by atoms with E-state index in [2.05, 4.69) is 29.4 Å². The molecule has 0 amide bonds. The first-order chi connectivity index (χ1) is 10.9. The van der Waals surface area contributed by atoms with Gasteiger partial charge in [0.2, 0.25) is 0 Å². The average molecular weight is 435 g/mol. The van der Waals surface area contributed by atoms with Gasteiger partial charge in [-0.15, -0.1) is 25.3 Å². The highest BCUT2D eigenvalue weighted by Gasteiger charge is 2.12. The third kappa shape index (κ3) is 6.56. The van der Waals surface area contributed by atoms with E-state index in [0.717, 1.165) is 30.5 Å². The van der Waals surface area contributed by atoms with Gasteiger partial charge in [0.05, 0.1) is 16.3 Å². The Bertz CT molecular complexity index is 811. The van der Waals surface area contributed by atoms with Gasteiger partial charge in [-0.1, -0.05) is 23.2 Å². The zero-order chi connectivity index (χ0) is 18.7. The van der Waals surface area contributed by atoms with E-state index in [1.165, 1.54) is 0 Å². The molecular weight excluding hydrogens is 425 g/mol. The third-order valence-electron chi connectivity index (χ3n) is 2.26. The molecule has 0 aliphatic heterocycles. The predicted octanol–water partition coefficient (Wildman–Crippen LogP) is 4.58. The highest BCUT2D eigenvalue weighted by atomic mass is 35.5. The van der Waals surface area contributed by atoms with E-state index in [0.29, 0.717) is 4.90 Å². The minimum atomic E-state index is -3.75. The predicted molar refractivity (Wildman–Crippen MR) is 94.5 cm³/mol. The second-order valence-corrected chi connectivity index (χ2v) is 7.63. The van der Waals surface area contributed by atoms with Crippen LogP contribution in [0.15, 0.2) is 34.1 Å². The van der Waals surface area contributed by atoms with Gasteiger partial charge in [0, 0.05) is 9.79 Å². The zero-order valence-corrected chi connectivity index (χ0v) is 15.9. The van der Waals surface area contributed by atoms with Crippen molar-refractivity contribution < 1.29 is 26.5 Å². The Morgan fingerprint density at radius 1 is 1.00 bits per heavy atom. The van der Waals surface area contributed by atoms with Gasteiger partial charge >= 0.3 is 10.1 Å². The van der Waals surface area contributed by atoms with Crippen LogP contribution in [0.3, 0.4) is 0 Å². The van der Waals surface area contributed by atoms with Crippen molar-refractivity contribution in [3.63, 3.8) is 0 Å². The molecule has 0 aliphatic carbocycles. The number of phenolic OH excluding ortho intramolecular Hbond substituents is 1. The number of phenols is 1. The molecule has 0 saturated carbocycles. The van der Waals surface area contributed by atoms with Crippen LogP contribution in [-0.2, 0) is 10.1 Å². The molecule has 0 unspecified atom stereocenters. The van der Waals surface area contributed by atoms with E-state index in [9.17, 15) is 17.2 Å². The van der Waals surface area contributed by atoms with Crippen LogP contribution in [0.1, 0.15) is 0 Å². The highest BCUT2D eigenvalue weighted by Crippen LogP contribution is 2.29. The number of benzene rings is 2. The Hall–Kier alpha value is -0.870. The second-order valence-electron chi connectivity index (χ2n) is 4.28. The summed E-state index contributed by atoms with van der Waals surface area (Å²) in [5, 5.41) is 9.02. The van der Waals surface area contributed by atoms with Crippen molar-refractivity contribution in [1.29, 1.82) is 0 Å². The first kappa shape index (κ1) is 21.2. The Labute approximate surface area is 158 Å². The van der Waals surface area contributed by atoms with Gasteiger partial charge in [-0.2, -0.15) is 8.42 Å². The van der Waals surface area contributed by atoms with Crippen LogP contribution >= 0.6 is 48.5 Å². The molecule has 0 saturated heterocycles. The molecule has 0 spiro atoms. The minimum absolute atomic E-state index is 0.0895. The van der Waals surface area contributed by atoms with Gasteiger partial charge in [0.15, 0.2) is 23.1 Å². The van der Waals surface area contributed by atoms with Crippen LogP contribution in [0.25, 0.3) is 0 Å². The summed E-state index contributed by atoms with van der Waals surface area (Å²) in [6, 6.07) is 4.20. The number of rotatable bonds is 2. The fraction of sp³-hybridized carbons (Fsp3) is 0.0769. The lowest BCUT2D eigenvalue weighted by molar-refractivity contribution is 0.431. The van der Waals surface area contributed by atoms with Crippen LogP contribution in [0.2, 0.25) is 10.0 Å². The van der Waals surface area contributed by atoms with Crippen LogP contribution in [0.5, 0.6) is 11.5 Å². The van der Waals surface area contributed by atoms with Crippen molar-refractivity contribution >= 4 is 58.6 Å². The van der Waals surface area contributed by atoms with Gasteiger partial charge in [-0.05, 0) is 24.3 Å². The number of thiol groups is 2. The number of hydrogen-bond acceptors (Lipinski definition) is 6. The summed E-state index contributed by atoms with van der Waals surface area (Å²) in [6.07, 6.45) is 0.819. The molecule has 24 heavy (non-hydrogen) atoms. The monoisotopic (exact) mass is 434 g/mol. The summed E-state index contributed by atoms with van der Waals surface area (Å²) < 4.78 is 51.2. The van der Waals surface area contributed by atoms with Gasteiger partial charge in [0.1, 0.15) is 0 Å². The van der Waals surface area contributed by atoms with Gasteiger partial charge in [-0.3, -0.25) is 0 Å². The van der Waals surface area contributed by atoms with Crippen LogP contribution < -0.4 is 4.18 Å². The molecule has 0 bridgehead atoms. The lowest BCUT2D eigenvalue weighted by atomic mass is 10.3. The summed E-state index contributed by atoms with van der Waals surface area (Å²) in [4.78, 5) is 0.604. The maximum Gasteiger partial charge on any atom is 0.306 e. The fourth-order valence-corrected chi connectivity index (χ4v) is 2.40. The van der Waals surface area contributed by atoms with E-state index in [1.807, 2.05) is 0 Å². The Morgan fingerprint density at radius 2 is 1.46 bits per heavy atom. The van der Waals surface area contributed by atoms with E-state index < -0.39 is 33.3 Å². The van der Waals surface area contributed by atoms with Crippen molar-refractivity contribution in [2.45, 2.75) is 9.79 Å². The van der Waals surface area contributed by atoms with E-state index >= 15 is 0 Å². The normalized spacial score (nSPS) is 10.8. The first-order valence-corrected chi connectivity index (χ1v) is 9.32. The molecule has 2 aromatic rings. The molecule has 0 aliphatic rings. The van der Waals surface area contributed by atoms with Crippen molar-refractivity contribution in [3.05, 3.63) is 45.9 Å². The lowest BCUT2D eigenvalue weighted by Crippen LogP contribution is -2.07. The molecule has 0 heterocycles. The largest absolute Gasteiger partial charge is 0.505 e. The molecule has 1 N–H and O–H groups in total. The first-order valence-electron chi connectivity index (χ1n) is 5.85. The lowest BCUT2D eigenvalue weighted by Gasteiger charge is -2.05. The molecule has 2 aromatic carbocycles. The Balaban J connectivity index is 0.000000254. The SMILES string of the molecule is CS(=O)(=O)Oc1cc(S)c(Cl)cc1F.Oc1cc(S)c(Cl)cc1F. The summed E-state index contributed by atoms with van der Waals surface area (Å²) >= 11 is 18.7. The van der Waals surface area contributed by atoms with Crippen LogP contribution in [-0.4, -0.2) is 19.8 Å². The summed E-state index contributed by atoms with van der Waals surface area (Å²) in [5.41, 5.74) is 0. The number of halogens is 4. The van der Waals surface area contributed by atoms with Crippen molar-refractivity contribution in [2.75, 3.05) is 6.26 Å². The summed E-state index contributed by atoms with van der Waals surface area (Å²) in [6.45, 7) is 0. The Kier molecular flexibility index (Phi) is 7.48. The van der Waals surface area contributed by atoms with Crippen molar-refractivity contribution in [1.82, 2.24) is 0 Å². The van der Waals surface area contributed by atoms with Gasteiger partial charge in [0.25, 0.3) is 0 Å². The number of hydrogen-bond donors (Lipinski definition) is 3. The zero-order valence-electron chi connectivity index (χ0n) is 11.8. The van der Waals surface area contributed by atoms with Crippen molar-refractivity contribution in [3.8, 4) is 11.5 Å². The van der Waals surface area contributed by atoms with Crippen molar-refractivity contribution in [2.24, 2.45) is 0 Å². The molecule has 11 heteroatoms. The van der Waals surface area contributed by atoms with Crippen LogP contribution in [0, 0.1) is 11.6 Å². The molecule has 4 nitrogen and oxygen atoms in total. The molecule has 2 rings (SSSR count). The minimum Gasteiger partial charge on any atom is -0.505 e. The van der Waals surface area contributed by atoms with Gasteiger partial charge in [-0.25, -0.2) is 8.78 Å². The highest BCUT2D eigenvalue weighted by molar-refractivity contribution is 7.86. The molecular formula is C13H10Cl2F2O4S3. The maximum absolute atomic E-state index is 13.1. The fourth-order valence-electron chi connectivity index (χ4n) is 1.27. The maximum atomic E-state index is 13.1. The average Bonchev–Trinajstić information content (AvgIpc) is 2.42. The summed E-state index contributed by atoms with van der Waals surface area (Å²) in [7, 11) is -3.75. The smallest absolute Gasteiger partial charge is 0.306 e.